The van der Waals surface area contributed by atoms with Crippen LogP contribution >= 0.6 is 0 Å². The Morgan fingerprint density at radius 1 is 0.727 bits per heavy atom. The van der Waals surface area contributed by atoms with E-state index in [4.69, 9.17) is 21.7 Å². The minimum atomic E-state index is -1.55. The molecule has 0 rings (SSSR count). The predicted octanol–water partition coefficient (Wildman–Crippen LogP) is -2.27. The van der Waals surface area contributed by atoms with Crippen molar-refractivity contribution in [2.45, 2.75) is 76.0 Å². The van der Waals surface area contributed by atoms with Crippen molar-refractivity contribution >= 4 is 35.6 Å². The van der Waals surface area contributed by atoms with Crippen molar-refractivity contribution in [1.29, 1.82) is 0 Å². The summed E-state index contributed by atoms with van der Waals surface area (Å²) in [6, 6.07) is -4.98. The molecule has 0 radical (unpaired) electrons. The Morgan fingerprint density at radius 2 is 1.24 bits per heavy atom. The number of aliphatic carboxylic acids is 3. The summed E-state index contributed by atoms with van der Waals surface area (Å²) in [5.74, 6) is -6.43. The number of carbonyl (C=O) groups is 6. The first kappa shape index (κ1) is 29.7. The van der Waals surface area contributed by atoms with E-state index in [-0.39, 0.29) is 6.42 Å². The molecule has 0 heterocycles. The minimum Gasteiger partial charge on any atom is -0.481 e. The largest absolute Gasteiger partial charge is 0.481 e. The molecule has 3 amide bonds. The molecule has 14 heteroatoms. The van der Waals surface area contributed by atoms with E-state index in [0.29, 0.717) is 25.8 Å². The highest BCUT2D eigenvalue weighted by Gasteiger charge is 2.29. The topological polar surface area (TPSA) is 251 Å². The fourth-order valence-electron chi connectivity index (χ4n) is 2.66. The van der Waals surface area contributed by atoms with Gasteiger partial charge in [0.2, 0.25) is 17.7 Å². The van der Waals surface area contributed by atoms with E-state index in [9.17, 15) is 33.9 Å². The predicted molar refractivity (Wildman–Crippen MR) is 114 cm³/mol. The Kier molecular flexibility index (Phi) is 14.0. The number of nitrogens with two attached hydrogens (primary N) is 2. The smallest absolute Gasteiger partial charge is 0.326 e. The summed E-state index contributed by atoms with van der Waals surface area (Å²) < 4.78 is 0. The van der Waals surface area contributed by atoms with Crippen molar-refractivity contribution < 1.29 is 44.1 Å². The van der Waals surface area contributed by atoms with Crippen LogP contribution in [0.3, 0.4) is 0 Å². The molecule has 0 bridgehead atoms. The number of hydrogen-bond donors (Lipinski definition) is 8. The van der Waals surface area contributed by atoms with Crippen LogP contribution in [0.5, 0.6) is 0 Å². The highest BCUT2D eigenvalue weighted by Crippen LogP contribution is 2.04. The Balaban J connectivity index is 5.11. The molecule has 4 atom stereocenters. The van der Waals surface area contributed by atoms with Gasteiger partial charge in [-0.3, -0.25) is 24.0 Å². The van der Waals surface area contributed by atoms with Crippen LogP contribution in [-0.2, 0) is 28.8 Å². The van der Waals surface area contributed by atoms with E-state index in [0.717, 1.165) is 0 Å². The summed E-state index contributed by atoms with van der Waals surface area (Å²) in [5, 5.41) is 33.5. The summed E-state index contributed by atoms with van der Waals surface area (Å²) >= 11 is 0. The SMILES string of the molecule is CC(NC(=O)C(N)CCCCN)C(=O)NC(CCC(=O)O)C(=O)NC(CCC(=O)O)C(=O)O. The molecule has 33 heavy (non-hydrogen) atoms. The summed E-state index contributed by atoms with van der Waals surface area (Å²) in [6.07, 6.45) is -0.164. The number of rotatable bonds is 17. The van der Waals surface area contributed by atoms with Crippen LogP contribution in [0.15, 0.2) is 0 Å². The second-order valence-electron chi connectivity index (χ2n) is 7.45. The van der Waals surface area contributed by atoms with Gasteiger partial charge in [0.05, 0.1) is 6.04 Å². The Morgan fingerprint density at radius 3 is 1.73 bits per heavy atom. The number of carboxylic acids is 3. The lowest BCUT2D eigenvalue weighted by molar-refractivity contribution is -0.144. The molecule has 0 aliphatic rings. The number of nitrogens with one attached hydrogen (secondary N) is 3. The minimum absolute atomic E-state index is 0.355. The van der Waals surface area contributed by atoms with Gasteiger partial charge in [0.15, 0.2) is 0 Å². The molecule has 14 nitrogen and oxygen atoms in total. The first-order valence-corrected chi connectivity index (χ1v) is 10.4. The van der Waals surface area contributed by atoms with Gasteiger partial charge in [-0.1, -0.05) is 6.42 Å². The van der Waals surface area contributed by atoms with E-state index in [1.807, 2.05) is 0 Å². The van der Waals surface area contributed by atoms with E-state index in [1.54, 1.807) is 0 Å². The zero-order chi connectivity index (χ0) is 25.6. The number of carboxylic acid groups (broad SMARTS) is 3. The molecule has 0 fully saturated rings. The van der Waals surface area contributed by atoms with E-state index >= 15 is 0 Å². The first-order valence-electron chi connectivity index (χ1n) is 10.4. The molecule has 0 aliphatic carbocycles. The molecule has 0 aromatic heterocycles. The van der Waals surface area contributed by atoms with E-state index in [1.165, 1.54) is 6.92 Å². The lowest BCUT2D eigenvalue weighted by Crippen LogP contribution is -2.56. The zero-order valence-corrected chi connectivity index (χ0v) is 18.4. The van der Waals surface area contributed by atoms with Crippen molar-refractivity contribution in [1.82, 2.24) is 16.0 Å². The van der Waals surface area contributed by atoms with Crippen molar-refractivity contribution in [3.63, 3.8) is 0 Å². The summed E-state index contributed by atoms with van der Waals surface area (Å²) in [4.78, 5) is 69.9. The molecule has 10 N–H and O–H groups in total. The Labute approximate surface area is 190 Å². The van der Waals surface area contributed by atoms with Crippen LogP contribution in [0.25, 0.3) is 0 Å². The van der Waals surface area contributed by atoms with Crippen molar-refractivity contribution in [3.05, 3.63) is 0 Å². The fourth-order valence-corrected chi connectivity index (χ4v) is 2.66. The van der Waals surface area contributed by atoms with Crippen LogP contribution in [0, 0.1) is 0 Å². The highest BCUT2D eigenvalue weighted by molar-refractivity contribution is 5.94. The monoisotopic (exact) mass is 475 g/mol. The van der Waals surface area contributed by atoms with Crippen LogP contribution < -0.4 is 27.4 Å². The van der Waals surface area contributed by atoms with Gasteiger partial charge in [-0.2, -0.15) is 0 Å². The standard InChI is InChI=1S/C19H33N5O9/c1-10(22-17(30)11(21)4-2-3-9-20)16(29)23-12(5-7-14(25)26)18(31)24-13(19(32)33)6-8-15(27)28/h10-13H,2-9,20-21H2,1H3,(H,22,30)(H,23,29)(H,24,31)(H,25,26)(H,27,28)(H,32,33). The maximum absolute atomic E-state index is 12.5. The van der Waals surface area contributed by atoms with Gasteiger partial charge in [0.25, 0.3) is 0 Å². The van der Waals surface area contributed by atoms with Crippen LogP contribution in [0.1, 0.15) is 51.9 Å². The lowest BCUT2D eigenvalue weighted by Gasteiger charge is -2.23. The van der Waals surface area contributed by atoms with Gasteiger partial charge >= 0.3 is 17.9 Å². The first-order chi connectivity index (χ1) is 15.4. The molecular formula is C19H33N5O9. The average molecular weight is 475 g/mol. The summed E-state index contributed by atoms with van der Waals surface area (Å²) in [7, 11) is 0. The fraction of sp³-hybridized carbons (Fsp3) is 0.684. The highest BCUT2D eigenvalue weighted by atomic mass is 16.4. The second-order valence-corrected chi connectivity index (χ2v) is 7.45. The molecule has 0 aromatic rings. The number of carbonyl (C=O) groups excluding carboxylic acids is 3. The third-order valence-electron chi connectivity index (χ3n) is 4.60. The molecular weight excluding hydrogens is 442 g/mol. The van der Waals surface area contributed by atoms with Crippen molar-refractivity contribution in [2.24, 2.45) is 11.5 Å². The van der Waals surface area contributed by atoms with Crippen LogP contribution in [-0.4, -0.2) is 81.7 Å². The van der Waals surface area contributed by atoms with Gasteiger partial charge in [-0.25, -0.2) is 4.79 Å². The molecule has 0 aromatic carbocycles. The molecule has 188 valence electrons. The van der Waals surface area contributed by atoms with Crippen LogP contribution in [0.2, 0.25) is 0 Å². The normalized spacial score (nSPS) is 14.3. The van der Waals surface area contributed by atoms with E-state index in [2.05, 4.69) is 16.0 Å². The number of amides is 3. The summed E-state index contributed by atoms with van der Waals surface area (Å²) in [5.41, 5.74) is 11.1. The van der Waals surface area contributed by atoms with Crippen LogP contribution in [0.4, 0.5) is 0 Å². The van der Waals surface area contributed by atoms with E-state index < -0.39 is 79.1 Å². The molecule has 0 aliphatic heterocycles. The molecule has 0 saturated heterocycles. The van der Waals surface area contributed by atoms with Crippen molar-refractivity contribution in [3.8, 4) is 0 Å². The van der Waals surface area contributed by atoms with Crippen molar-refractivity contribution in [2.75, 3.05) is 6.54 Å². The van der Waals surface area contributed by atoms with Gasteiger partial charge in [0, 0.05) is 12.8 Å². The van der Waals surface area contributed by atoms with Gasteiger partial charge in [0.1, 0.15) is 18.1 Å². The summed E-state index contributed by atoms with van der Waals surface area (Å²) in [6.45, 7) is 1.78. The van der Waals surface area contributed by atoms with Gasteiger partial charge < -0.3 is 42.7 Å². The Hall–Kier alpha value is -3.26. The molecule has 0 saturated carbocycles. The zero-order valence-electron chi connectivity index (χ0n) is 18.4. The van der Waals surface area contributed by atoms with Gasteiger partial charge in [-0.15, -0.1) is 0 Å². The second kappa shape index (κ2) is 15.5. The third kappa shape index (κ3) is 13.0. The maximum Gasteiger partial charge on any atom is 0.326 e. The lowest BCUT2D eigenvalue weighted by atomic mass is 10.1. The third-order valence-corrected chi connectivity index (χ3v) is 4.60. The molecule has 4 unspecified atom stereocenters. The van der Waals surface area contributed by atoms with Gasteiger partial charge in [-0.05, 0) is 39.2 Å². The number of unbranched alkanes of at least 4 members (excludes halogenated alkanes) is 1. The Bertz CT molecular complexity index is 716. The maximum atomic E-state index is 12.5. The average Bonchev–Trinajstić information content (AvgIpc) is 2.72. The number of hydrogen-bond acceptors (Lipinski definition) is 8. The molecule has 0 spiro atoms. The quantitative estimate of drug-likeness (QED) is 0.104.